The van der Waals surface area contributed by atoms with Gasteiger partial charge in [-0.05, 0) is 50.1 Å². The first kappa shape index (κ1) is 13.4. The Morgan fingerprint density at radius 2 is 1.90 bits per heavy atom. The number of likely N-dealkylation sites (N-methyl/N-ethyl adjacent to an activating group) is 1. The highest BCUT2D eigenvalue weighted by Gasteiger charge is 2.18. The second kappa shape index (κ2) is 5.83. The monoisotopic (exact) mass is 273 g/mol. The Labute approximate surface area is 121 Å². The zero-order valence-corrected chi connectivity index (χ0v) is 12.4. The van der Waals surface area contributed by atoms with Gasteiger partial charge in [0, 0.05) is 31.7 Å². The molecule has 0 saturated carbocycles. The van der Waals surface area contributed by atoms with E-state index in [1.165, 1.54) is 23.3 Å². The molecular formula is C16H23N3O. The van der Waals surface area contributed by atoms with Crippen LogP contribution in [0, 0.1) is 0 Å². The molecule has 0 amide bonds. The molecule has 0 aromatic heterocycles. The molecule has 4 nitrogen and oxygen atoms in total. The molecule has 1 heterocycles. The molecule has 1 aromatic rings. The summed E-state index contributed by atoms with van der Waals surface area (Å²) in [6.45, 7) is 4.27. The number of hydrogen-bond donors (Lipinski definition) is 0. The first-order chi connectivity index (χ1) is 9.76. The van der Waals surface area contributed by atoms with Crippen LogP contribution in [0.1, 0.15) is 24.0 Å². The molecule has 4 heteroatoms. The third-order valence-electron chi connectivity index (χ3n) is 4.22. The fourth-order valence-electron chi connectivity index (χ4n) is 2.94. The van der Waals surface area contributed by atoms with Gasteiger partial charge in [0.1, 0.15) is 5.75 Å². The van der Waals surface area contributed by atoms with Gasteiger partial charge in [0.25, 0.3) is 0 Å². The van der Waals surface area contributed by atoms with E-state index in [4.69, 9.17) is 9.84 Å². The zero-order valence-electron chi connectivity index (χ0n) is 12.4. The van der Waals surface area contributed by atoms with Gasteiger partial charge in [-0.1, -0.05) is 0 Å². The Balaban J connectivity index is 1.82. The van der Waals surface area contributed by atoms with Crippen LogP contribution in [0.25, 0.3) is 0 Å². The number of piperazine rings is 1. The number of methoxy groups -OCH3 is 1. The number of aryl methyl sites for hydroxylation is 1. The normalized spacial score (nSPS) is 21.9. The molecule has 1 saturated heterocycles. The molecule has 1 aromatic carbocycles. The van der Waals surface area contributed by atoms with Gasteiger partial charge >= 0.3 is 0 Å². The zero-order chi connectivity index (χ0) is 13.9. The fraction of sp³-hybridized carbons (Fsp3) is 0.562. The van der Waals surface area contributed by atoms with E-state index < -0.39 is 0 Å². The molecule has 0 unspecified atom stereocenters. The minimum atomic E-state index is 0.949. The van der Waals surface area contributed by atoms with Crippen LogP contribution >= 0.6 is 0 Å². The van der Waals surface area contributed by atoms with Crippen LogP contribution in [-0.2, 0) is 6.42 Å². The van der Waals surface area contributed by atoms with Gasteiger partial charge in [-0.15, -0.1) is 0 Å². The van der Waals surface area contributed by atoms with E-state index in [0.29, 0.717) is 0 Å². The van der Waals surface area contributed by atoms with Crippen molar-refractivity contribution in [3.05, 3.63) is 29.3 Å². The molecule has 0 N–H and O–H groups in total. The topological polar surface area (TPSA) is 28.1 Å². The predicted molar refractivity (Wildman–Crippen MR) is 81.5 cm³/mol. The average molecular weight is 273 g/mol. The summed E-state index contributed by atoms with van der Waals surface area (Å²) in [5.74, 6) is 0.949. The SMILES string of the molecule is COc1ccc2c(c1)CCCC2=NN1CCN(C)CC1. The highest BCUT2D eigenvalue weighted by atomic mass is 16.5. The molecule has 2 aliphatic rings. The van der Waals surface area contributed by atoms with Crippen LogP contribution in [0.5, 0.6) is 5.75 Å². The van der Waals surface area contributed by atoms with Gasteiger partial charge in [-0.3, -0.25) is 5.01 Å². The predicted octanol–water partition coefficient (Wildman–Crippen LogP) is 1.98. The molecular weight excluding hydrogens is 250 g/mol. The number of rotatable bonds is 2. The molecule has 1 fully saturated rings. The largest absolute Gasteiger partial charge is 0.497 e. The van der Waals surface area contributed by atoms with E-state index in [2.05, 4.69) is 29.1 Å². The number of fused-ring (bicyclic) bond motifs is 1. The van der Waals surface area contributed by atoms with Crippen LogP contribution < -0.4 is 4.74 Å². The van der Waals surface area contributed by atoms with Crippen LogP contribution in [-0.4, -0.2) is 56.0 Å². The molecule has 1 aliphatic heterocycles. The first-order valence-electron chi connectivity index (χ1n) is 7.44. The van der Waals surface area contributed by atoms with Crippen molar-refractivity contribution in [2.45, 2.75) is 19.3 Å². The van der Waals surface area contributed by atoms with Gasteiger partial charge in [0.2, 0.25) is 0 Å². The lowest BCUT2D eigenvalue weighted by Gasteiger charge is -2.31. The average Bonchev–Trinajstić information content (AvgIpc) is 2.49. The van der Waals surface area contributed by atoms with Crippen molar-refractivity contribution in [3.63, 3.8) is 0 Å². The van der Waals surface area contributed by atoms with E-state index in [0.717, 1.165) is 44.8 Å². The summed E-state index contributed by atoms with van der Waals surface area (Å²) >= 11 is 0. The van der Waals surface area contributed by atoms with Crippen molar-refractivity contribution < 1.29 is 4.74 Å². The summed E-state index contributed by atoms with van der Waals surface area (Å²) in [5, 5.41) is 7.14. The second-order valence-corrected chi connectivity index (χ2v) is 5.68. The quantitative estimate of drug-likeness (QED) is 0.825. The minimum Gasteiger partial charge on any atom is -0.497 e. The molecule has 108 valence electrons. The Bertz CT molecular complexity index is 504. The first-order valence-corrected chi connectivity index (χ1v) is 7.44. The Hall–Kier alpha value is -1.55. The number of hydrazone groups is 1. The maximum Gasteiger partial charge on any atom is 0.119 e. The second-order valence-electron chi connectivity index (χ2n) is 5.68. The van der Waals surface area contributed by atoms with E-state index in [9.17, 15) is 0 Å². The van der Waals surface area contributed by atoms with E-state index in [1.807, 2.05) is 6.07 Å². The molecule has 3 rings (SSSR count). The standard InChI is InChI=1S/C16H23N3O/c1-18-8-10-19(11-9-18)17-16-5-3-4-13-12-14(20-2)6-7-15(13)16/h6-7,12H,3-5,8-11H2,1-2H3. The number of benzene rings is 1. The van der Waals surface area contributed by atoms with E-state index in [-0.39, 0.29) is 0 Å². The summed E-state index contributed by atoms with van der Waals surface area (Å²) in [7, 11) is 3.90. The maximum atomic E-state index is 5.32. The van der Waals surface area contributed by atoms with Crippen molar-refractivity contribution >= 4 is 5.71 Å². The lowest BCUT2D eigenvalue weighted by atomic mass is 9.90. The summed E-state index contributed by atoms with van der Waals surface area (Å²) < 4.78 is 5.32. The van der Waals surface area contributed by atoms with E-state index >= 15 is 0 Å². The van der Waals surface area contributed by atoms with Gasteiger partial charge in [0.05, 0.1) is 12.8 Å². The van der Waals surface area contributed by atoms with Crippen LogP contribution in [0.15, 0.2) is 23.3 Å². The smallest absolute Gasteiger partial charge is 0.119 e. The van der Waals surface area contributed by atoms with Crippen molar-refractivity contribution in [2.75, 3.05) is 40.3 Å². The van der Waals surface area contributed by atoms with Gasteiger partial charge in [0.15, 0.2) is 0 Å². The molecule has 20 heavy (non-hydrogen) atoms. The van der Waals surface area contributed by atoms with Crippen molar-refractivity contribution in [3.8, 4) is 5.75 Å². The third-order valence-corrected chi connectivity index (χ3v) is 4.22. The van der Waals surface area contributed by atoms with Crippen LogP contribution in [0.2, 0.25) is 0 Å². The third kappa shape index (κ3) is 2.80. The summed E-state index contributed by atoms with van der Waals surface area (Å²) in [6, 6.07) is 6.37. The highest BCUT2D eigenvalue weighted by molar-refractivity contribution is 6.02. The van der Waals surface area contributed by atoms with Crippen LogP contribution in [0.4, 0.5) is 0 Å². The van der Waals surface area contributed by atoms with Crippen molar-refractivity contribution in [2.24, 2.45) is 5.10 Å². The van der Waals surface area contributed by atoms with Crippen LogP contribution in [0.3, 0.4) is 0 Å². The number of hydrogen-bond acceptors (Lipinski definition) is 4. The maximum absolute atomic E-state index is 5.32. The summed E-state index contributed by atoms with van der Waals surface area (Å²) in [4.78, 5) is 2.36. The number of ether oxygens (including phenoxy) is 1. The molecule has 0 radical (unpaired) electrons. The molecule has 0 atom stereocenters. The Kier molecular flexibility index (Phi) is 3.92. The highest BCUT2D eigenvalue weighted by Crippen LogP contribution is 2.26. The van der Waals surface area contributed by atoms with Crippen molar-refractivity contribution in [1.82, 2.24) is 9.91 Å². The van der Waals surface area contributed by atoms with Gasteiger partial charge in [-0.25, -0.2) is 0 Å². The Morgan fingerprint density at radius 1 is 1.10 bits per heavy atom. The Morgan fingerprint density at radius 3 is 2.65 bits per heavy atom. The van der Waals surface area contributed by atoms with Gasteiger partial charge in [-0.2, -0.15) is 5.10 Å². The summed E-state index contributed by atoms with van der Waals surface area (Å²) in [6.07, 6.45) is 3.41. The fourth-order valence-corrected chi connectivity index (χ4v) is 2.94. The van der Waals surface area contributed by atoms with Gasteiger partial charge < -0.3 is 9.64 Å². The summed E-state index contributed by atoms with van der Waals surface area (Å²) in [5.41, 5.74) is 3.94. The lowest BCUT2D eigenvalue weighted by molar-refractivity contribution is 0.158. The molecule has 0 spiro atoms. The minimum absolute atomic E-state index is 0.949. The van der Waals surface area contributed by atoms with E-state index in [1.54, 1.807) is 7.11 Å². The lowest BCUT2D eigenvalue weighted by Crippen LogP contribution is -2.42. The molecule has 0 bridgehead atoms. The van der Waals surface area contributed by atoms with Crippen molar-refractivity contribution in [1.29, 1.82) is 0 Å². The molecule has 1 aliphatic carbocycles. The number of nitrogens with zero attached hydrogens (tertiary/aromatic N) is 3.